The van der Waals surface area contributed by atoms with Gasteiger partial charge in [0.1, 0.15) is 5.70 Å². The first-order valence-corrected chi connectivity index (χ1v) is 9.55. The maximum Gasteiger partial charge on any atom is 0.268 e. The monoisotopic (exact) mass is 413 g/mol. The second-order valence-corrected chi connectivity index (χ2v) is 7.00. The molecule has 0 saturated heterocycles. The number of carboxylic acids is 1. The fourth-order valence-electron chi connectivity index (χ4n) is 2.56. The molecule has 2 rings (SSSR count). The summed E-state index contributed by atoms with van der Waals surface area (Å²) >= 11 is 5.88. The van der Waals surface area contributed by atoms with E-state index in [1.54, 1.807) is 55.5 Å². The van der Waals surface area contributed by atoms with Crippen molar-refractivity contribution in [3.8, 4) is 0 Å². The number of benzene rings is 2. The van der Waals surface area contributed by atoms with E-state index in [0.29, 0.717) is 22.6 Å². The first-order chi connectivity index (χ1) is 13.8. The molecule has 0 radical (unpaired) electrons. The second-order valence-electron chi connectivity index (χ2n) is 6.56. The van der Waals surface area contributed by atoms with Gasteiger partial charge in [0.15, 0.2) is 0 Å². The summed E-state index contributed by atoms with van der Waals surface area (Å²) in [6.45, 7) is 3.69. The van der Waals surface area contributed by atoms with Crippen LogP contribution >= 0.6 is 11.6 Å². The quantitative estimate of drug-likeness (QED) is 0.649. The average Bonchev–Trinajstić information content (AvgIpc) is 2.69. The minimum atomic E-state index is -1.38. The summed E-state index contributed by atoms with van der Waals surface area (Å²) in [4.78, 5) is 36.6. The number of hydrogen-bond donors (Lipinski definition) is 2. The Morgan fingerprint density at radius 2 is 1.69 bits per heavy atom. The van der Waals surface area contributed by atoms with Crippen LogP contribution in [0.15, 0.2) is 54.2 Å². The standard InChI is InChI=1S/C22H23ClN2O4/c1-3-4-18(22(28)29)24-21(27)19(13-15-7-11-17(23)12-8-15)25-20(26)16-9-5-14(2)6-10-16/h5-13,18H,3-4H2,1-2H3,(H,24,27)(H,25,26)(H,28,29)/p-1/b19-13+/t18-/m0/s1. The highest BCUT2D eigenvalue weighted by Gasteiger charge is 2.19. The molecule has 0 bridgehead atoms. The summed E-state index contributed by atoms with van der Waals surface area (Å²) in [5, 5.41) is 16.8. The third-order valence-electron chi connectivity index (χ3n) is 4.15. The molecule has 2 aromatic rings. The highest BCUT2D eigenvalue weighted by atomic mass is 35.5. The number of carbonyl (C=O) groups is 3. The molecule has 0 aliphatic carbocycles. The van der Waals surface area contributed by atoms with Crippen LogP contribution in [-0.4, -0.2) is 23.8 Å². The molecule has 0 spiro atoms. The van der Waals surface area contributed by atoms with Gasteiger partial charge in [-0.2, -0.15) is 0 Å². The van der Waals surface area contributed by atoms with Crippen molar-refractivity contribution in [1.29, 1.82) is 0 Å². The van der Waals surface area contributed by atoms with Gasteiger partial charge in [0.2, 0.25) is 0 Å². The molecule has 0 fully saturated rings. The van der Waals surface area contributed by atoms with E-state index in [9.17, 15) is 19.5 Å². The van der Waals surface area contributed by atoms with E-state index in [4.69, 9.17) is 11.6 Å². The van der Waals surface area contributed by atoms with Gasteiger partial charge in [-0.3, -0.25) is 9.59 Å². The molecular weight excluding hydrogens is 392 g/mol. The van der Waals surface area contributed by atoms with Gasteiger partial charge in [-0.1, -0.05) is 54.8 Å². The summed E-state index contributed by atoms with van der Waals surface area (Å²) < 4.78 is 0. The summed E-state index contributed by atoms with van der Waals surface area (Å²) in [6.07, 6.45) is 2.22. The van der Waals surface area contributed by atoms with Crippen molar-refractivity contribution in [1.82, 2.24) is 10.6 Å². The zero-order valence-corrected chi connectivity index (χ0v) is 17.0. The number of nitrogens with one attached hydrogen (secondary N) is 2. The number of aliphatic carboxylic acids is 1. The number of amides is 2. The predicted molar refractivity (Wildman–Crippen MR) is 110 cm³/mol. The molecule has 0 unspecified atom stereocenters. The fourth-order valence-corrected chi connectivity index (χ4v) is 2.68. The van der Waals surface area contributed by atoms with E-state index >= 15 is 0 Å². The van der Waals surface area contributed by atoms with Crippen molar-refractivity contribution >= 4 is 35.5 Å². The van der Waals surface area contributed by atoms with Gasteiger partial charge in [-0.25, -0.2) is 0 Å². The van der Waals surface area contributed by atoms with Crippen LogP contribution < -0.4 is 15.7 Å². The van der Waals surface area contributed by atoms with Crippen molar-refractivity contribution in [3.63, 3.8) is 0 Å². The van der Waals surface area contributed by atoms with E-state index in [-0.39, 0.29) is 12.1 Å². The molecule has 6 nitrogen and oxygen atoms in total. The highest BCUT2D eigenvalue weighted by molar-refractivity contribution is 6.30. The lowest BCUT2D eigenvalue weighted by molar-refractivity contribution is -0.308. The van der Waals surface area contributed by atoms with E-state index in [1.807, 2.05) is 6.92 Å². The Labute approximate surface area is 174 Å². The Hall–Kier alpha value is -3.12. The zero-order chi connectivity index (χ0) is 21.4. The van der Waals surface area contributed by atoms with Gasteiger partial charge in [-0.15, -0.1) is 0 Å². The van der Waals surface area contributed by atoms with Crippen LogP contribution in [0.3, 0.4) is 0 Å². The van der Waals surface area contributed by atoms with Crippen molar-refractivity contribution in [3.05, 3.63) is 75.9 Å². The Bertz CT molecular complexity index is 905. The number of carboxylic acid groups (broad SMARTS) is 1. The third kappa shape index (κ3) is 6.76. The van der Waals surface area contributed by atoms with Gasteiger partial charge in [0, 0.05) is 10.6 Å². The molecule has 2 aromatic carbocycles. The number of aryl methyl sites for hydroxylation is 1. The zero-order valence-electron chi connectivity index (χ0n) is 16.2. The summed E-state index contributed by atoms with van der Waals surface area (Å²) in [5.74, 6) is -2.58. The van der Waals surface area contributed by atoms with Crippen LogP contribution in [0, 0.1) is 6.92 Å². The minimum Gasteiger partial charge on any atom is -0.548 e. The molecule has 152 valence electrons. The molecular formula is C22H22ClN2O4-. The first kappa shape index (κ1) is 22.2. The molecule has 1 atom stereocenters. The first-order valence-electron chi connectivity index (χ1n) is 9.17. The molecule has 7 heteroatoms. The van der Waals surface area contributed by atoms with Gasteiger partial charge in [-0.05, 0) is 49.2 Å². The average molecular weight is 414 g/mol. The maximum atomic E-state index is 12.7. The van der Waals surface area contributed by atoms with Gasteiger partial charge >= 0.3 is 0 Å². The largest absolute Gasteiger partial charge is 0.548 e. The number of hydrogen-bond acceptors (Lipinski definition) is 4. The van der Waals surface area contributed by atoms with Crippen LogP contribution in [0.4, 0.5) is 0 Å². The van der Waals surface area contributed by atoms with Gasteiger partial charge < -0.3 is 20.5 Å². The van der Waals surface area contributed by atoms with Crippen LogP contribution in [0.25, 0.3) is 6.08 Å². The van der Waals surface area contributed by atoms with Crippen molar-refractivity contribution < 1.29 is 19.5 Å². The number of halogens is 1. The molecule has 0 aliphatic heterocycles. The Morgan fingerprint density at radius 3 is 2.24 bits per heavy atom. The van der Waals surface area contributed by atoms with Crippen molar-refractivity contribution in [2.45, 2.75) is 32.7 Å². The number of carbonyl (C=O) groups excluding carboxylic acids is 3. The van der Waals surface area contributed by atoms with E-state index in [1.165, 1.54) is 6.08 Å². The second kappa shape index (κ2) is 10.4. The lowest BCUT2D eigenvalue weighted by atomic mass is 10.1. The smallest absolute Gasteiger partial charge is 0.268 e. The molecule has 0 aromatic heterocycles. The van der Waals surface area contributed by atoms with Gasteiger partial charge in [0.05, 0.1) is 12.0 Å². The summed E-state index contributed by atoms with van der Waals surface area (Å²) in [6, 6.07) is 12.3. The lowest BCUT2D eigenvalue weighted by Gasteiger charge is -2.20. The van der Waals surface area contributed by atoms with E-state index in [2.05, 4.69) is 10.6 Å². The Kier molecular flexibility index (Phi) is 7.98. The lowest BCUT2D eigenvalue weighted by Crippen LogP contribution is -2.49. The van der Waals surface area contributed by atoms with Crippen LogP contribution in [0.5, 0.6) is 0 Å². The van der Waals surface area contributed by atoms with Crippen molar-refractivity contribution in [2.24, 2.45) is 0 Å². The van der Waals surface area contributed by atoms with Crippen molar-refractivity contribution in [2.75, 3.05) is 0 Å². The normalized spacial score (nSPS) is 12.2. The van der Waals surface area contributed by atoms with Crippen LogP contribution in [-0.2, 0) is 9.59 Å². The van der Waals surface area contributed by atoms with E-state index < -0.39 is 23.8 Å². The maximum absolute atomic E-state index is 12.7. The summed E-state index contributed by atoms with van der Waals surface area (Å²) in [7, 11) is 0. The molecule has 0 saturated carbocycles. The fraction of sp³-hybridized carbons (Fsp3) is 0.227. The van der Waals surface area contributed by atoms with Crippen LogP contribution in [0.1, 0.15) is 41.3 Å². The number of rotatable bonds is 8. The summed E-state index contributed by atoms with van der Waals surface area (Å²) in [5.41, 5.74) is 1.90. The molecule has 0 heterocycles. The predicted octanol–water partition coefficient (Wildman–Crippen LogP) is 2.45. The Balaban J connectivity index is 2.30. The molecule has 2 amide bonds. The molecule has 2 N–H and O–H groups in total. The molecule has 0 aliphatic rings. The van der Waals surface area contributed by atoms with Gasteiger partial charge in [0.25, 0.3) is 11.8 Å². The van der Waals surface area contributed by atoms with Crippen LogP contribution in [0.2, 0.25) is 5.02 Å². The topological polar surface area (TPSA) is 98.3 Å². The Morgan fingerprint density at radius 1 is 1.07 bits per heavy atom. The SMILES string of the molecule is CCC[C@H](NC(=O)/C(=C\c1ccc(Cl)cc1)NC(=O)c1ccc(C)cc1)C(=O)[O-]. The third-order valence-corrected chi connectivity index (χ3v) is 4.41. The highest BCUT2D eigenvalue weighted by Crippen LogP contribution is 2.13. The minimum absolute atomic E-state index is 0.0831. The van der Waals surface area contributed by atoms with E-state index in [0.717, 1.165) is 5.56 Å². The molecule has 29 heavy (non-hydrogen) atoms.